The largest absolute Gasteiger partial charge is 0.383 e. The lowest BCUT2D eigenvalue weighted by molar-refractivity contribution is 1.14. The van der Waals surface area contributed by atoms with Gasteiger partial charge < -0.3 is 5.73 Å². The quantitative estimate of drug-likeness (QED) is 0.774. The molecule has 0 atom stereocenters. The Hall–Kier alpha value is -1.90. The fourth-order valence-electron chi connectivity index (χ4n) is 1.32. The number of nitrogens with zero attached hydrogens (tertiary/aromatic N) is 2. The standard InChI is InChI=1S/C11H11N3/c12-11-10(2-1-5-14-11)8-9-3-6-13-7-4-9/h1-7H,8H2,(H2,12,14). The Labute approximate surface area is 82.6 Å². The highest BCUT2D eigenvalue weighted by molar-refractivity contribution is 5.41. The number of hydrogen-bond acceptors (Lipinski definition) is 3. The van der Waals surface area contributed by atoms with Gasteiger partial charge in [0.05, 0.1) is 0 Å². The zero-order valence-electron chi connectivity index (χ0n) is 7.72. The van der Waals surface area contributed by atoms with Crippen molar-refractivity contribution in [3.8, 4) is 0 Å². The molecule has 0 fully saturated rings. The predicted octanol–water partition coefficient (Wildman–Crippen LogP) is 1.65. The van der Waals surface area contributed by atoms with E-state index in [-0.39, 0.29) is 0 Å². The molecule has 0 radical (unpaired) electrons. The van der Waals surface area contributed by atoms with Gasteiger partial charge in [-0.05, 0) is 29.3 Å². The summed E-state index contributed by atoms with van der Waals surface area (Å²) in [6, 6.07) is 7.84. The first kappa shape index (κ1) is 8.69. The number of pyridine rings is 2. The molecule has 0 saturated carbocycles. The second-order valence-electron chi connectivity index (χ2n) is 3.08. The van der Waals surface area contributed by atoms with E-state index in [1.54, 1.807) is 18.6 Å². The molecule has 2 heterocycles. The summed E-state index contributed by atoms with van der Waals surface area (Å²) in [5, 5.41) is 0. The minimum absolute atomic E-state index is 0.601. The first-order chi connectivity index (χ1) is 6.86. The fourth-order valence-corrected chi connectivity index (χ4v) is 1.32. The van der Waals surface area contributed by atoms with Gasteiger partial charge in [0, 0.05) is 25.0 Å². The van der Waals surface area contributed by atoms with E-state index in [9.17, 15) is 0 Å². The Morgan fingerprint density at radius 1 is 1.07 bits per heavy atom. The highest BCUT2D eigenvalue weighted by Gasteiger charge is 1.99. The van der Waals surface area contributed by atoms with E-state index in [1.165, 1.54) is 5.56 Å². The average Bonchev–Trinajstić information content (AvgIpc) is 2.23. The van der Waals surface area contributed by atoms with Crippen molar-refractivity contribution in [1.29, 1.82) is 0 Å². The van der Waals surface area contributed by atoms with Gasteiger partial charge >= 0.3 is 0 Å². The minimum atomic E-state index is 0.601. The average molecular weight is 185 g/mol. The minimum Gasteiger partial charge on any atom is -0.383 e. The second-order valence-corrected chi connectivity index (χ2v) is 3.08. The van der Waals surface area contributed by atoms with Crippen LogP contribution in [0.3, 0.4) is 0 Å². The lowest BCUT2D eigenvalue weighted by Crippen LogP contribution is -1.97. The van der Waals surface area contributed by atoms with Crippen LogP contribution in [0.15, 0.2) is 42.9 Å². The molecule has 0 spiro atoms. The van der Waals surface area contributed by atoms with Crippen molar-refractivity contribution in [2.75, 3.05) is 5.73 Å². The van der Waals surface area contributed by atoms with E-state index >= 15 is 0 Å². The Bertz CT molecular complexity index is 412. The number of nitrogens with two attached hydrogens (primary N) is 1. The van der Waals surface area contributed by atoms with Crippen molar-refractivity contribution in [1.82, 2.24) is 9.97 Å². The van der Waals surface area contributed by atoms with Crippen LogP contribution in [0.2, 0.25) is 0 Å². The zero-order chi connectivity index (χ0) is 9.80. The Balaban J connectivity index is 2.24. The van der Waals surface area contributed by atoms with E-state index in [1.807, 2.05) is 24.3 Å². The fraction of sp³-hybridized carbons (Fsp3) is 0.0909. The maximum atomic E-state index is 5.74. The molecule has 2 N–H and O–H groups in total. The van der Waals surface area contributed by atoms with Crippen molar-refractivity contribution in [2.24, 2.45) is 0 Å². The summed E-state index contributed by atoms with van der Waals surface area (Å²) < 4.78 is 0. The van der Waals surface area contributed by atoms with Crippen LogP contribution in [0.25, 0.3) is 0 Å². The Morgan fingerprint density at radius 3 is 2.57 bits per heavy atom. The molecule has 14 heavy (non-hydrogen) atoms. The molecule has 0 aliphatic rings. The van der Waals surface area contributed by atoms with Crippen LogP contribution in [0.5, 0.6) is 0 Å². The van der Waals surface area contributed by atoms with Crippen molar-refractivity contribution >= 4 is 5.82 Å². The van der Waals surface area contributed by atoms with Gasteiger partial charge in [0.2, 0.25) is 0 Å². The van der Waals surface area contributed by atoms with Crippen molar-refractivity contribution in [2.45, 2.75) is 6.42 Å². The molecule has 2 aromatic heterocycles. The molecule has 2 aromatic rings. The summed E-state index contributed by atoms with van der Waals surface area (Å²) >= 11 is 0. The molecule has 0 aromatic carbocycles. The van der Waals surface area contributed by atoms with Crippen LogP contribution < -0.4 is 5.73 Å². The summed E-state index contributed by atoms with van der Waals surface area (Å²) in [4.78, 5) is 8.00. The summed E-state index contributed by atoms with van der Waals surface area (Å²) in [6.07, 6.45) is 6.07. The first-order valence-corrected chi connectivity index (χ1v) is 4.44. The van der Waals surface area contributed by atoms with Gasteiger partial charge in [0.15, 0.2) is 0 Å². The van der Waals surface area contributed by atoms with E-state index in [0.29, 0.717) is 5.82 Å². The van der Waals surface area contributed by atoms with Gasteiger partial charge in [-0.15, -0.1) is 0 Å². The predicted molar refractivity (Wildman–Crippen MR) is 55.7 cm³/mol. The summed E-state index contributed by atoms with van der Waals surface area (Å²) in [5.74, 6) is 0.601. The van der Waals surface area contributed by atoms with E-state index < -0.39 is 0 Å². The van der Waals surface area contributed by atoms with Crippen LogP contribution in [-0.4, -0.2) is 9.97 Å². The third-order valence-corrected chi connectivity index (χ3v) is 2.07. The third kappa shape index (κ3) is 1.88. The number of aromatic nitrogens is 2. The van der Waals surface area contributed by atoms with Crippen LogP contribution in [-0.2, 0) is 6.42 Å². The molecule has 70 valence electrons. The van der Waals surface area contributed by atoms with Gasteiger partial charge in [-0.25, -0.2) is 4.98 Å². The molecular formula is C11H11N3. The van der Waals surface area contributed by atoms with Crippen LogP contribution >= 0.6 is 0 Å². The molecule has 0 saturated heterocycles. The number of hydrogen-bond donors (Lipinski definition) is 1. The van der Waals surface area contributed by atoms with Gasteiger partial charge in [-0.3, -0.25) is 4.98 Å². The van der Waals surface area contributed by atoms with E-state index in [0.717, 1.165) is 12.0 Å². The van der Waals surface area contributed by atoms with Gasteiger partial charge in [0.25, 0.3) is 0 Å². The van der Waals surface area contributed by atoms with Gasteiger partial charge in [-0.1, -0.05) is 6.07 Å². The third-order valence-electron chi connectivity index (χ3n) is 2.07. The molecule has 0 amide bonds. The second kappa shape index (κ2) is 3.87. The molecule has 0 bridgehead atoms. The molecular weight excluding hydrogens is 174 g/mol. The maximum absolute atomic E-state index is 5.74. The van der Waals surface area contributed by atoms with Crippen LogP contribution in [0.4, 0.5) is 5.82 Å². The van der Waals surface area contributed by atoms with Gasteiger partial charge in [0.1, 0.15) is 5.82 Å². The molecule has 2 rings (SSSR count). The highest BCUT2D eigenvalue weighted by Crippen LogP contribution is 2.12. The SMILES string of the molecule is Nc1ncccc1Cc1ccncc1. The lowest BCUT2D eigenvalue weighted by atomic mass is 10.1. The van der Waals surface area contributed by atoms with Crippen LogP contribution in [0.1, 0.15) is 11.1 Å². The highest BCUT2D eigenvalue weighted by atomic mass is 14.8. The summed E-state index contributed by atoms with van der Waals surface area (Å²) in [5.41, 5.74) is 7.99. The molecule has 3 nitrogen and oxygen atoms in total. The van der Waals surface area contributed by atoms with E-state index in [4.69, 9.17) is 5.73 Å². The van der Waals surface area contributed by atoms with Crippen molar-refractivity contribution in [3.05, 3.63) is 54.0 Å². The zero-order valence-corrected chi connectivity index (χ0v) is 7.72. The normalized spacial score (nSPS) is 10.0. The van der Waals surface area contributed by atoms with Gasteiger partial charge in [-0.2, -0.15) is 0 Å². The Morgan fingerprint density at radius 2 is 1.86 bits per heavy atom. The summed E-state index contributed by atoms with van der Waals surface area (Å²) in [7, 11) is 0. The Kier molecular flexibility index (Phi) is 2.40. The van der Waals surface area contributed by atoms with Crippen LogP contribution in [0, 0.1) is 0 Å². The monoisotopic (exact) mass is 185 g/mol. The number of anilines is 1. The first-order valence-electron chi connectivity index (χ1n) is 4.44. The smallest absolute Gasteiger partial charge is 0.126 e. The lowest BCUT2D eigenvalue weighted by Gasteiger charge is -2.03. The molecule has 0 aliphatic heterocycles. The topological polar surface area (TPSA) is 51.8 Å². The molecule has 3 heteroatoms. The van der Waals surface area contributed by atoms with E-state index in [2.05, 4.69) is 9.97 Å². The molecule has 0 unspecified atom stereocenters. The van der Waals surface area contributed by atoms with Crippen molar-refractivity contribution in [3.63, 3.8) is 0 Å². The molecule has 0 aliphatic carbocycles. The van der Waals surface area contributed by atoms with Crippen molar-refractivity contribution < 1.29 is 0 Å². The summed E-state index contributed by atoms with van der Waals surface area (Å²) in [6.45, 7) is 0. The maximum Gasteiger partial charge on any atom is 0.126 e. The number of rotatable bonds is 2. The number of nitrogen functional groups attached to an aromatic ring is 1.